The van der Waals surface area contributed by atoms with Crippen LogP contribution in [0.5, 0.6) is 0 Å². The highest BCUT2D eigenvalue weighted by Crippen LogP contribution is 2.12. The van der Waals surface area contributed by atoms with Gasteiger partial charge in [-0.3, -0.25) is 9.59 Å². The zero-order chi connectivity index (χ0) is 25.7. The molecule has 0 bridgehead atoms. The lowest BCUT2D eigenvalue weighted by molar-refractivity contribution is -0.146. The molecule has 0 aromatic heterocycles. The van der Waals surface area contributed by atoms with Gasteiger partial charge in [0.2, 0.25) is 0 Å². The molecule has 0 aliphatic heterocycles. The Morgan fingerprint density at radius 2 is 0.629 bits per heavy atom. The Morgan fingerprint density at radius 3 is 0.914 bits per heavy atom. The van der Waals surface area contributed by atoms with E-state index in [4.69, 9.17) is 9.47 Å². The molecule has 0 fully saturated rings. The maximum atomic E-state index is 11.8. The van der Waals surface area contributed by atoms with Crippen molar-refractivity contribution in [3.05, 3.63) is 0 Å². The van der Waals surface area contributed by atoms with Crippen LogP contribution in [0.15, 0.2) is 0 Å². The van der Waals surface area contributed by atoms with E-state index in [0.29, 0.717) is 38.9 Å². The van der Waals surface area contributed by atoms with Crippen LogP contribution < -0.4 is 0 Å². The van der Waals surface area contributed by atoms with Crippen molar-refractivity contribution in [2.75, 3.05) is 13.2 Å². The number of esters is 2. The van der Waals surface area contributed by atoms with Crippen molar-refractivity contribution in [2.24, 2.45) is 0 Å². The number of carbonyl (C=O) groups excluding carboxylic acids is 2. The smallest absolute Gasteiger partial charge is 0.305 e. The van der Waals surface area contributed by atoms with Gasteiger partial charge in [0.1, 0.15) is 0 Å². The Hall–Kier alpha value is -1.06. The van der Waals surface area contributed by atoms with E-state index in [9.17, 15) is 9.59 Å². The Labute approximate surface area is 218 Å². The van der Waals surface area contributed by atoms with Crippen molar-refractivity contribution in [1.29, 1.82) is 0 Å². The lowest BCUT2D eigenvalue weighted by Crippen LogP contribution is -2.08. The molecule has 0 atom stereocenters. The van der Waals surface area contributed by atoms with Gasteiger partial charge in [0, 0.05) is 12.8 Å². The predicted octanol–water partition coefficient (Wildman–Crippen LogP) is 9.87. The topological polar surface area (TPSA) is 52.6 Å². The van der Waals surface area contributed by atoms with E-state index in [2.05, 4.69) is 13.8 Å². The first kappa shape index (κ1) is 33.9. The molecule has 0 aromatic carbocycles. The van der Waals surface area contributed by atoms with Crippen LogP contribution in [0.3, 0.4) is 0 Å². The minimum atomic E-state index is -0.129. The molecule has 0 spiro atoms. The monoisotopic (exact) mass is 496 g/mol. The third-order valence-corrected chi connectivity index (χ3v) is 6.78. The van der Waals surface area contributed by atoms with Gasteiger partial charge in [-0.25, -0.2) is 0 Å². The highest BCUT2D eigenvalue weighted by atomic mass is 16.5. The molecule has 0 rings (SSSR count). The summed E-state index contributed by atoms with van der Waals surface area (Å²) >= 11 is 0. The summed E-state index contributed by atoms with van der Waals surface area (Å²) in [5.74, 6) is -0.258. The fraction of sp³-hybridized carbons (Fsp3) is 0.935. The summed E-state index contributed by atoms with van der Waals surface area (Å²) < 4.78 is 10.6. The number of carbonyl (C=O) groups is 2. The van der Waals surface area contributed by atoms with E-state index in [1.807, 2.05) is 0 Å². The van der Waals surface area contributed by atoms with Gasteiger partial charge in [-0.15, -0.1) is 0 Å². The first-order valence-corrected chi connectivity index (χ1v) is 15.5. The molecule has 0 unspecified atom stereocenters. The van der Waals surface area contributed by atoms with E-state index >= 15 is 0 Å². The standard InChI is InChI=1S/C31H60O4/c1-3-5-7-9-11-13-15-17-19-21-25-29-35-31(33)27-23-22-26-30(32)34-28-24-20-18-16-14-12-10-8-6-4-2/h3-29H2,1-2H3. The quantitative estimate of drug-likeness (QED) is 0.0798. The van der Waals surface area contributed by atoms with Crippen LogP contribution in [0.1, 0.15) is 174 Å². The highest BCUT2D eigenvalue weighted by molar-refractivity contribution is 5.70. The van der Waals surface area contributed by atoms with Crippen molar-refractivity contribution >= 4 is 11.9 Å². The minimum absolute atomic E-state index is 0.129. The summed E-state index contributed by atoms with van der Waals surface area (Å²) in [4.78, 5) is 23.6. The molecule has 4 heteroatoms. The van der Waals surface area contributed by atoms with Gasteiger partial charge in [-0.05, 0) is 25.7 Å². The van der Waals surface area contributed by atoms with E-state index in [0.717, 1.165) is 25.7 Å². The average molecular weight is 497 g/mol. The van der Waals surface area contributed by atoms with Gasteiger partial charge in [0.25, 0.3) is 0 Å². The second kappa shape index (κ2) is 29.2. The first-order valence-electron chi connectivity index (χ1n) is 15.5. The lowest BCUT2D eigenvalue weighted by atomic mass is 10.1. The van der Waals surface area contributed by atoms with Crippen LogP contribution >= 0.6 is 0 Å². The van der Waals surface area contributed by atoms with Crippen molar-refractivity contribution < 1.29 is 19.1 Å². The maximum Gasteiger partial charge on any atom is 0.305 e. The molecule has 0 saturated carbocycles. The molecule has 0 aromatic rings. The second-order valence-corrected chi connectivity index (χ2v) is 10.4. The van der Waals surface area contributed by atoms with Crippen LogP contribution in [0, 0.1) is 0 Å². The molecule has 0 heterocycles. The minimum Gasteiger partial charge on any atom is -0.466 e. The van der Waals surface area contributed by atoms with Crippen LogP contribution in [-0.4, -0.2) is 25.2 Å². The highest BCUT2D eigenvalue weighted by Gasteiger charge is 2.06. The molecule has 35 heavy (non-hydrogen) atoms. The van der Waals surface area contributed by atoms with Crippen molar-refractivity contribution in [3.8, 4) is 0 Å². The molecule has 0 aliphatic rings. The zero-order valence-corrected chi connectivity index (χ0v) is 23.7. The number of hydrogen-bond donors (Lipinski definition) is 0. The largest absolute Gasteiger partial charge is 0.466 e. The Kier molecular flexibility index (Phi) is 28.3. The van der Waals surface area contributed by atoms with Gasteiger partial charge in [-0.2, -0.15) is 0 Å². The maximum absolute atomic E-state index is 11.8. The molecule has 0 radical (unpaired) electrons. The molecular weight excluding hydrogens is 436 g/mol. The van der Waals surface area contributed by atoms with Crippen LogP contribution in [0.25, 0.3) is 0 Å². The summed E-state index contributed by atoms with van der Waals surface area (Å²) in [5.41, 5.74) is 0. The molecule has 0 aliphatic carbocycles. The molecular formula is C31H60O4. The zero-order valence-electron chi connectivity index (χ0n) is 23.7. The van der Waals surface area contributed by atoms with Crippen LogP contribution in [0.4, 0.5) is 0 Å². The van der Waals surface area contributed by atoms with E-state index < -0.39 is 0 Å². The van der Waals surface area contributed by atoms with Gasteiger partial charge >= 0.3 is 11.9 Å². The van der Waals surface area contributed by atoms with Gasteiger partial charge < -0.3 is 9.47 Å². The van der Waals surface area contributed by atoms with Crippen molar-refractivity contribution in [3.63, 3.8) is 0 Å². The summed E-state index contributed by atoms with van der Waals surface area (Å²) in [6, 6.07) is 0. The normalized spacial score (nSPS) is 11.0. The number of unbranched alkanes of at least 4 members (excludes halogenated alkanes) is 20. The number of rotatable bonds is 28. The van der Waals surface area contributed by atoms with Crippen molar-refractivity contribution in [2.45, 2.75) is 174 Å². The van der Waals surface area contributed by atoms with E-state index in [-0.39, 0.29) is 11.9 Å². The van der Waals surface area contributed by atoms with Gasteiger partial charge in [0.15, 0.2) is 0 Å². The Morgan fingerprint density at radius 1 is 0.371 bits per heavy atom. The fourth-order valence-corrected chi connectivity index (χ4v) is 4.41. The average Bonchev–Trinajstić information content (AvgIpc) is 2.86. The first-order chi connectivity index (χ1) is 17.2. The molecule has 0 amide bonds. The predicted molar refractivity (Wildman–Crippen MR) is 149 cm³/mol. The molecule has 0 saturated heterocycles. The number of ether oxygens (including phenoxy) is 2. The van der Waals surface area contributed by atoms with Crippen LogP contribution in [-0.2, 0) is 19.1 Å². The summed E-state index contributed by atoms with van der Waals surface area (Å²) in [5, 5.41) is 0. The fourth-order valence-electron chi connectivity index (χ4n) is 4.41. The third kappa shape index (κ3) is 29.1. The molecule has 0 N–H and O–H groups in total. The SMILES string of the molecule is CCCCCCCCCCCCCOC(=O)CCCCC(=O)OCCCCCCCCCCCC. The lowest BCUT2D eigenvalue weighted by Gasteiger charge is -2.06. The summed E-state index contributed by atoms with van der Waals surface area (Å²) in [6.45, 7) is 5.59. The summed E-state index contributed by atoms with van der Waals surface area (Å²) in [7, 11) is 0. The van der Waals surface area contributed by atoms with Crippen LogP contribution in [0.2, 0.25) is 0 Å². The molecule has 4 nitrogen and oxygen atoms in total. The van der Waals surface area contributed by atoms with Crippen molar-refractivity contribution in [1.82, 2.24) is 0 Å². The Balaban J connectivity index is 3.28. The summed E-state index contributed by atoms with van der Waals surface area (Å²) in [6.07, 6.45) is 29.2. The third-order valence-electron chi connectivity index (χ3n) is 6.78. The van der Waals surface area contributed by atoms with E-state index in [1.54, 1.807) is 0 Å². The van der Waals surface area contributed by atoms with Gasteiger partial charge in [-0.1, -0.05) is 136 Å². The Bertz CT molecular complexity index is 449. The van der Waals surface area contributed by atoms with E-state index in [1.165, 1.54) is 109 Å². The van der Waals surface area contributed by atoms with Gasteiger partial charge in [0.05, 0.1) is 13.2 Å². The second-order valence-electron chi connectivity index (χ2n) is 10.4. The number of hydrogen-bond acceptors (Lipinski definition) is 4. The molecule has 208 valence electrons.